The zero-order chi connectivity index (χ0) is 16.7. The third kappa shape index (κ3) is 11.2. The summed E-state index contributed by atoms with van der Waals surface area (Å²) >= 11 is 0. The maximum atomic E-state index is 3.11. The van der Waals surface area contributed by atoms with Gasteiger partial charge in [0.25, 0.3) is 0 Å². The van der Waals surface area contributed by atoms with E-state index in [4.69, 9.17) is 0 Å². The molecule has 2 aromatic carbocycles. The van der Waals surface area contributed by atoms with Crippen molar-refractivity contribution in [1.29, 1.82) is 0 Å². The number of hydrogen-bond donors (Lipinski definition) is 0. The first-order chi connectivity index (χ1) is 11.9. The van der Waals surface area contributed by atoms with Gasteiger partial charge in [-0.05, 0) is 87.5 Å². The van der Waals surface area contributed by atoms with Crippen molar-refractivity contribution in [3.63, 3.8) is 0 Å². The predicted octanol–water partition coefficient (Wildman–Crippen LogP) is 5.29. The Morgan fingerprint density at radius 3 is 0.840 bits per heavy atom. The van der Waals surface area contributed by atoms with Gasteiger partial charge in [-0.3, -0.25) is 0 Å². The Labute approximate surface area is 169 Å². The summed E-state index contributed by atoms with van der Waals surface area (Å²) in [4.78, 5) is 0. The van der Waals surface area contributed by atoms with E-state index < -0.39 is 0 Å². The molecule has 25 heavy (non-hydrogen) atoms. The molecule has 2 aliphatic carbocycles. The van der Waals surface area contributed by atoms with E-state index in [-0.39, 0.29) is 21.7 Å². The van der Waals surface area contributed by atoms with Crippen LogP contribution in [-0.2, 0) is 21.7 Å². The molecule has 0 N–H and O–H groups in total. The van der Waals surface area contributed by atoms with Crippen molar-refractivity contribution in [2.75, 3.05) is 0 Å². The van der Waals surface area contributed by atoms with Crippen molar-refractivity contribution in [3.8, 4) is 0 Å². The van der Waals surface area contributed by atoms with Crippen LogP contribution in [0.1, 0.15) is 11.1 Å². The van der Waals surface area contributed by atoms with E-state index in [2.05, 4.69) is 12.2 Å². The van der Waals surface area contributed by atoms with Crippen LogP contribution in [-0.4, -0.2) is 0 Å². The van der Waals surface area contributed by atoms with Crippen molar-refractivity contribution in [3.05, 3.63) is 148 Å². The van der Waals surface area contributed by atoms with Crippen LogP contribution in [0.25, 0.3) is 0 Å². The summed E-state index contributed by atoms with van der Waals surface area (Å²) in [5.41, 5.74) is 2.10. The van der Waals surface area contributed by atoms with Crippen molar-refractivity contribution in [1.82, 2.24) is 0 Å². The summed E-state index contributed by atoms with van der Waals surface area (Å²) in [6.45, 7) is 0. The molecule has 0 bridgehead atoms. The molecule has 4 rings (SSSR count). The van der Waals surface area contributed by atoms with Gasteiger partial charge in [-0.2, -0.15) is 0 Å². The molecule has 2 aliphatic rings. The van der Waals surface area contributed by atoms with Gasteiger partial charge in [-0.25, -0.2) is 0 Å². The Kier molecular flexibility index (Phi) is 13.3. The number of benzene rings is 2. The molecule has 120 valence electrons. The molecule has 2 aromatic rings. The summed E-state index contributed by atoms with van der Waals surface area (Å²) in [6, 6.07) is 20.0. The molecule has 0 spiro atoms. The first kappa shape index (κ1) is 21.9. The van der Waals surface area contributed by atoms with Gasteiger partial charge >= 0.3 is 0 Å². The van der Waals surface area contributed by atoms with Gasteiger partial charge in [0.05, 0.1) is 0 Å². The zero-order valence-corrected chi connectivity index (χ0v) is 15.6. The van der Waals surface area contributed by atoms with E-state index in [9.17, 15) is 0 Å². The Morgan fingerprint density at radius 1 is 0.360 bits per heavy atom. The molecule has 1 heteroatoms. The van der Waals surface area contributed by atoms with Gasteiger partial charge in [0.1, 0.15) is 0 Å². The van der Waals surface area contributed by atoms with Crippen LogP contribution in [0.2, 0.25) is 0 Å². The maximum absolute atomic E-state index is 3.11. The number of hydrogen-bond acceptors (Lipinski definition) is 0. The molecule has 0 saturated heterocycles. The summed E-state index contributed by atoms with van der Waals surface area (Å²) in [5, 5.41) is 0. The van der Waals surface area contributed by atoms with Crippen LogP contribution in [0.5, 0.6) is 0 Å². The van der Waals surface area contributed by atoms with E-state index in [0.717, 1.165) is 11.1 Å². The second-order valence-electron chi connectivity index (χ2n) is 4.91. The Bertz CT molecular complexity index is 470. The van der Waals surface area contributed by atoms with Crippen molar-refractivity contribution >= 4 is 0 Å². The molecular formula is C24H20Ti. The first-order valence-corrected chi connectivity index (χ1v) is 7.90. The fourth-order valence-corrected chi connectivity index (χ4v) is 1.83. The van der Waals surface area contributed by atoms with Gasteiger partial charge in [0, 0.05) is 21.7 Å². The third-order valence-corrected chi connectivity index (χ3v) is 3.01. The molecule has 0 atom stereocenters. The molecule has 0 unspecified atom stereocenters. The fourth-order valence-electron chi connectivity index (χ4n) is 1.83. The maximum Gasteiger partial charge on any atom is 0 e. The van der Waals surface area contributed by atoms with E-state index in [1.54, 1.807) is 0 Å². The molecule has 2 saturated carbocycles. The van der Waals surface area contributed by atoms with Crippen LogP contribution in [0.4, 0.5) is 0 Å². The first-order valence-electron chi connectivity index (χ1n) is 7.90. The molecule has 0 aliphatic heterocycles. The molecular weight excluding hydrogens is 336 g/mol. The quantitative estimate of drug-likeness (QED) is 0.507. The second kappa shape index (κ2) is 15.2. The van der Waals surface area contributed by atoms with Crippen LogP contribution < -0.4 is 0 Å². The van der Waals surface area contributed by atoms with Crippen LogP contribution >= 0.6 is 0 Å². The Balaban J connectivity index is 0.000000233. The minimum Gasteiger partial charge on any atom is -0.0622 e. The molecule has 0 heterocycles. The normalized spacial score (nSPS) is 15.5. The van der Waals surface area contributed by atoms with Crippen molar-refractivity contribution in [2.24, 2.45) is 0 Å². The summed E-state index contributed by atoms with van der Waals surface area (Å²) < 4.78 is 0. The van der Waals surface area contributed by atoms with E-state index in [1.807, 2.05) is 125 Å². The predicted molar refractivity (Wildman–Crippen MR) is 101 cm³/mol. The van der Waals surface area contributed by atoms with Gasteiger partial charge < -0.3 is 0 Å². The van der Waals surface area contributed by atoms with Gasteiger partial charge in [-0.15, -0.1) is 0 Å². The molecule has 2 fully saturated rings. The standard InChI is InChI=1S/C14H10.2C5H5.Ti/c1-3-7-13(8-4-1)11-12-14-9-5-2-6-10-14;2*1-2-4-5-3-1;/h1-10H;2*1-5H;. The minimum absolute atomic E-state index is 0. The largest absolute Gasteiger partial charge is 0.0622 e. The average molecular weight is 356 g/mol. The molecule has 12 radical (unpaired) electrons. The van der Waals surface area contributed by atoms with E-state index >= 15 is 0 Å². The van der Waals surface area contributed by atoms with E-state index in [1.165, 1.54) is 0 Å². The monoisotopic (exact) mass is 356 g/mol. The molecule has 0 amide bonds. The smallest absolute Gasteiger partial charge is 0 e. The Hall–Kier alpha value is -1.11. The van der Waals surface area contributed by atoms with Crippen LogP contribution in [0, 0.1) is 76.4 Å². The second-order valence-corrected chi connectivity index (χ2v) is 4.91. The van der Waals surface area contributed by atoms with Gasteiger partial charge in [-0.1, -0.05) is 60.7 Å². The Morgan fingerprint density at radius 2 is 0.600 bits per heavy atom. The van der Waals surface area contributed by atoms with Crippen LogP contribution in [0.15, 0.2) is 60.7 Å². The van der Waals surface area contributed by atoms with Crippen LogP contribution in [0.3, 0.4) is 0 Å². The fraction of sp³-hybridized carbons (Fsp3) is 0. The average Bonchev–Trinajstić information content (AvgIpc) is 3.40. The minimum atomic E-state index is 0. The molecule has 0 nitrogen and oxygen atoms in total. The van der Waals surface area contributed by atoms with Gasteiger partial charge in [0.15, 0.2) is 0 Å². The van der Waals surface area contributed by atoms with Crippen molar-refractivity contribution < 1.29 is 21.7 Å². The summed E-state index contributed by atoms with van der Waals surface area (Å²) in [6.07, 6.45) is 26.2. The van der Waals surface area contributed by atoms with Crippen molar-refractivity contribution in [2.45, 2.75) is 0 Å². The number of rotatable bonds is 2. The topological polar surface area (TPSA) is 0 Å². The van der Waals surface area contributed by atoms with E-state index in [0.29, 0.717) is 0 Å². The third-order valence-electron chi connectivity index (χ3n) is 3.01. The zero-order valence-electron chi connectivity index (χ0n) is 14.0. The molecule has 0 aromatic heterocycles. The van der Waals surface area contributed by atoms with Gasteiger partial charge in [0.2, 0.25) is 0 Å². The SMILES string of the molecule is [CH]1[CH][CH][CH][CH]1.[CH]1[CH][CH][CH][CH]1.[C](=[C]c1ccccc1)c1ccccc1.[Ti]. The summed E-state index contributed by atoms with van der Waals surface area (Å²) in [7, 11) is 0. The summed E-state index contributed by atoms with van der Waals surface area (Å²) in [5.74, 6) is 0.